The largest absolute Gasteiger partial charge is 0.465 e. The number of nitro benzene ring substituents is 1. The van der Waals surface area contributed by atoms with Crippen LogP contribution in [0.15, 0.2) is 24.3 Å². The molecule has 0 aliphatic rings. The Morgan fingerprint density at radius 3 is 2.65 bits per heavy atom. The van der Waals surface area contributed by atoms with Crippen LogP contribution >= 0.6 is 0 Å². The van der Waals surface area contributed by atoms with Crippen LogP contribution in [0.1, 0.15) is 15.9 Å². The van der Waals surface area contributed by atoms with E-state index in [-0.39, 0.29) is 11.3 Å². The summed E-state index contributed by atoms with van der Waals surface area (Å²) in [5, 5.41) is 10.6. The summed E-state index contributed by atoms with van der Waals surface area (Å²) in [5.41, 5.74) is 0.206. The number of esters is 1. The van der Waals surface area contributed by atoms with Crippen LogP contribution < -0.4 is 0 Å². The zero-order chi connectivity index (χ0) is 12.8. The highest BCUT2D eigenvalue weighted by Gasteiger charge is 2.13. The third kappa shape index (κ3) is 3.23. The minimum atomic E-state index is -0.672. The molecule has 17 heavy (non-hydrogen) atoms. The summed E-state index contributed by atoms with van der Waals surface area (Å²) in [7, 11) is 1.18. The highest BCUT2D eigenvalue weighted by Crippen LogP contribution is 2.18. The minimum Gasteiger partial charge on any atom is -0.465 e. The van der Waals surface area contributed by atoms with Crippen molar-refractivity contribution in [2.45, 2.75) is 0 Å². The van der Waals surface area contributed by atoms with E-state index in [1.165, 1.54) is 31.4 Å². The van der Waals surface area contributed by atoms with Crippen molar-refractivity contribution in [2.24, 2.45) is 0 Å². The predicted octanol–water partition coefficient (Wildman–Crippen LogP) is 1.59. The zero-order valence-electron chi connectivity index (χ0n) is 8.95. The summed E-state index contributed by atoms with van der Waals surface area (Å²) in [5.74, 6) is -0.672. The normalized spacial score (nSPS) is 10.2. The number of aldehydes is 1. The van der Waals surface area contributed by atoms with E-state index in [1.54, 1.807) is 0 Å². The van der Waals surface area contributed by atoms with Gasteiger partial charge in [-0.15, -0.1) is 0 Å². The fourth-order valence-corrected chi connectivity index (χ4v) is 1.22. The maximum Gasteiger partial charge on any atom is 0.338 e. The van der Waals surface area contributed by atoms with Crippen molar-refractivity contribution in [3.63, 3.8) is 0 Å². The number of carbonyl (C=O) groups excluding carboxylic acids is 2. The predicted molar refractivity (Wildman–Crippen MR) is 59.5 cm³/mol. The van der Waals surface area contributed by atoms with E-state index in [9.17, 15) is 19.7 Å². The number of ether oxygens (including phenoxy) is 1. The summed E-state index contributed by atoms with van der Waals surface area (Å²) in [4.78, 5) is 31.5. The summed E-state index contributed by atoms with van der Waals surface area (Å²) in [6.45, 7) is 0. The smallest absolute Gasteiger partial charge is 0.338 e. The number of hydrogen-bond donors (Lipinski definition) is 0. The van der Waals surface area contributed by atoms with Gasteiger partial charge in [-0.25, -0.2) is 4.79 Å². The Morgan fingerprint density at radius 2 is 2.12 bits per heavy atom. The van der Waals surface area contributed by atoms with Gasteiger partial charge in [0.25, 0.3) is 5.69 Å². The highest BCUT2D eigenvalue weighted by molar-refractivity contribution is 5.91. The molecule has 0 unspecified atom stereocenters. The molecule has 88 valence electrons. The Labute approximate surface area is 96.7 Å². The van der Waals surface area contributed by atoms with Gasteiger partial charge < -0.3 is 4.74 Å². The Kier molecular flexibility index (Phi) is 4.10. The standard InChI is InChI=1S/C11H9NO5/c1-17-11(14)9-5-8(3-2-4-13)6-10(7-9)12(15)16/h2-7H,1H3. The average Bonchev–Trinajstić information content (AvgIpc) is 2.34. The first-order chi connectivity index (χ1) is 8.08. The van der Waals surface area contributed by atoms with E-state index in [4.69, 9.17) is 0 Å². The molecule has 0 aliphatic heterocycles. The van der Waals surface area contributed by atoms with Crippen molar-refractivity contribution in [3.05, 3.63) is 45.5 Å². The SMILES string of the molecule is COC(=O)c1cc(C=CC=O)cc([N+](=O)[O-])c1. The van der Waals surface area contributed by atoms with Crippen LogP contribution in [0.2, 0.25) is 0 Å². The minimum absolute atomic E-state index is 0.0623. The average molecular weight is 235 g/mol. The van der Waals surface area contributed by atoms with Gasteiger partial charge in [-0.1, -0.05) is 6.08 Å². The van der Waals surface area contributed by atoms with E-state index in [0.29, 0.717) is 11.8 Å². The molecule has 1 aromatic carbocycles. The second-order valence-corrected chi connectivity index (χ2v) is 3.06. The van der Waals surface area contributed by atoms with Gasteiger partial charge in [0.05, 0.1) is 17.6 Å². The lowest BCUT2D eigenvalue weighted by molar-refractivity contribution is -0.384. The maximum atomic E-state index is 11.3. The molecule has 0 fully saturated rings. The number of hydrogen-bond acceptors (Lipinski definition) is 5. The lowest BCUT2D eigenvalue weighted by atomic mass is 10.1. The quantitative estimate of drug-likeness (QED) is 0.260. The summed E-state index contributed by atoms with van der Waals surface area (Å²) in [6, 6.07) is 3.77. The molecule has 1 aromatic rings. The van der Waals surface area contributed by atoms with Gasteiger partial charge in [0.2, 0.25) is 0 Å². The first kappa shape index (κ1) is 12.6. The van der Waals surface area contributed by atoms with Crippen LogP contribution in [0.4, 0.5) is 5.69 Å². The first-order valence-corrected chi connectivity index (χ1v) is 4.58. The molecular formula is C11H9NO5. The molecule has 6 heteroatoms. The summed E-state index contributed by atoms with van der Waals surface area (Å²) >= 11 is 0. The van der Waals surface area contributed by atoms with E-state index in [2.05, 4.69) is 4.74 Å². The topological polar surface area (TPSA) is 86.5 Å². The van der Waals surface area contributed by atoms with Crippen molar-refractivity contribution in [1.82, 2.24) is 0 Å². The second kappa shape index (κ2) is 5.55. The number of nitro groups is 1. The van der Waals surface area contributed by atoms with Gasteiger partial charge in [0.1, 0.15) is 6.29 Å². The fourth-order valence-electron chi connectivity index (χ4n) is 1.22. The summed E-state index contributed by atoms with van der Waals surface area (Å²) in [6.07, 6.45) is 3.09. The van der Waals surface area contributed by atoms with E-state index < -0.39 is 10.9 Å². The molecule has 0 radical (unpaired) electrons. The Balaban J connectivity index is 3.27. The van der Waals surface area contributed by atoms with Crippen molar-refractivity contribution in [2.75, 3.05) is 7.11 Å². The Hall–Kier alpha value is -2.50. The molecule has 0 saturated carbocycles. The first-order valence-electron chi connectivity index (χ1n) is 4.58. The van der Waals surface area contributed by atoms with Gasteiger partial charge in [-0.3, -0.25) is 14.9 Å². The van der Waals surface area contributed by atoms with Crippen LogP contribution in [0.5, 0.6) is 0 Å². The molecular weight excluding hydrogens is 226 g/mol. The number of rotatable bonds is 4. The molecule has 0 saturated heterocycles. The summed E-state index contributed by atoms with van der Waals surface area (Å²) < 4.78 is 4.48. The molecule has 0 bridgehead atoms. The lowest BCUT2D eigenvalue weighted by Gasteiger charge is -2.01. The molecule has 0 atom stereocenters. The lowest BCUT2D eigenvalue weighted by Crippen LogP contribution is -2.02. The van der Waals surface area contributed by atoms with Crippen molar-refractivity contribution >= 4 is 24.0 Å². The molecule has 0 amide bonds. The molecule has 0 aromatic heterocycles. The van der Waals surface area contributed by atoms with Gasteiger partial charge in [0, 0.05) is 12.1 Å². The number of carbonyl (C=O) groups is 2. The van der Waals surface area contributed by atoms with Crippen LogP contribution in [0, 0.1) is 10.1 Å². The van der Waals surface area contributed by atoms with Crippen molar-refractivity contribution < 1.29 is 19.2 Å². The molecule has 0 heterocycles. The van der Waals surface area contributed by atoms with Crippen LogP contribution in [-0.2, 0) is 9.53 Å². The second-order valence-electron chi connectivity index (χ2n) is 3.06. The number of non-ortho nitro benzene ring substituents is 1. The monoisotopic (exact) mass is 235 g/mol. The Morgan fingerprint density at radius 1 is 1.41 bits per heavy atom. The highest BCUT2D eigenvalue weighted by atomic mass is 16.6. The third-order valence-electron chi connectivity index (χ3n) is 1.94. The molecule has 0 N–H and O–H groups in total. The number of nitrogens with zero attached hydrogens (tertiary/aromatic N) is 1. The van der Waals surface area contributed by atoms with E-state index >= 15 is 0 Å². The third-order valence-corrected chi connectivity index (χ3v) is 1.94. The van der Waals surface area contributed by atoms with Crippen LogP contribution in [0.25, 0.3) is 6.08 Å². The molecule has 0 spiro atoms. The number of allylic oxidation sites excluding steroid dienone is 1. The van der Waals surface area contributed by atoms with Gasteiger partial charge in [-0.05, 0) is 17.7 Å². The van der Waals surface area contributed by atoms with Crippen LogP contribution in [0.3, 0.4) is 0 Å². The zero-order valence-corrected chi connectivity index (χ0v) is 8.95. The molecule has 6 nitrogen and oxygen atoms in total. The van der Waals surface area contributed by atoms with Crippen molar-refractivity contribution in [3.8, 4) is 0 Å². The molecule has 1 rings (SSSR count). The maximum absolute atomic E-state index is 11.3. The van der Waals surface area contributed by atoms with Gasteiger partial charge >= 0.3 is 5.97 Å². The fraction of sp³-hybridized carbons (Fsp3) is 0.0909. The van der Waals surface area contributed by atoms with Gasteiger partial charge in [0.15, 0.2) is 0 Å². The van der Waals surface area contributed by atoms with E-state index in [1.807, 2.05) is 0 Å². The van der Waals surface area contributed by atoms with E-state index in [0.717, 1.165) is 6.07 Å². The van der Waals surface area contributed by atoms with Gasteiger partial charge in [-0.2, -0.15) is 0 Å². The molecule has 0 aliphatic carbocycles. The number of methoxy groups -OCH3 is 1. The van der Waals surface area contributed by atoms with Crippen LogP contribution in [-0.4, -0.2) is 24.3 Å². The van der Waals surface area contributed by atoms with Crippen molar-refractivity contribution in [1.29, 1.82) is 0 Å². The Bertz CT molecular complexity index is 493. The number of benzene rings is 1.